The Labute approximate surface area is 203 Å². The third kappa shape index (κ3) is 21.8. The minimum atomic E-state index is -4.04. The molecule has 0 amide bonds. The minimum absolute atomic E-state index is 0. The molecule has 0 saturated carbocycles. The van der Waals surface area contributed by atoms with Gasteiger partial charge in [0.1, 0.15) is 0 Å². The van der Waals surface area contributed by atoms with Gasteiger partial charge >= 0.3 is 29.6 Å². The Kier molecular flexibility index (Phi) is 26.0. The summed E-state index contributed by atoms with van der Waals surface area (Å²) in [6.45, 7) is 4.55. The molecule has 0 aliphatic rings. The molecule has 0 aromatic carbocycles. The van der Waals surface area contributed by atoms with Crippen molar-refractivity contribution in [3.05, 3.63) is 0 Å². The Bertz CT molecular complexity index is 418. The fourth-order valence-electron chi connectivity index (χ4n) is 3.42. The summed E-state index contributed by atoms with van der Waals surface area (Å²) < 4.78 is 42.5. The molecular formula is C23H48FNaO3S. The van der Waals surface area contributed by atoms with Crippen molar-refractivity contribution in [3.8, 4) is 0 Å². The number of hydrogen-bond acceptors (Lipinski definition) is 3. The van der Waals surface area contributed by atoms with E-state index in [-0.39, 0.29) is 42.6 Å². The molecule has 1 unspecified atom stereocenters. The first-order valence-corrected chi connectivity index (χ1v) is 13.5. The molecule has 0 saturated heterocycles. The molecule has 172 valence electrons. The number of hydrogen-bond donors (Lipinski definition) is 0. The summed E-state index contributed by atoms with van der Waals surface area (Å²) >= 11 is 0. The molecule has 0 rings (SSSR count). The maximum atomic E-state index is 14.0. The second kappa shape index (κ2) is 23.5. The van der Waals surface area contributed by atoms with Crippen LogP contribution in [0.15, 0.2) is 0 Å². The van der Waals surface area contributed by atoms with E-state index in [1.807, 2.05) is 0 Å². The second-order valence-electron chi connectivity index (χ2n) is 8.17. The Hall–Kier alpha value is 0.840. The predicted molar refractivity (Wildman–Crippen MR) is 126 cm³/mol. The van der Waals surface area contributed by atoms with Gasteiger partial charge in [-0.05, 0) is 19.3 Å². The summed E-state index contributed by atoms with van der Waals surface area (Å²) in [5.74, 6) is 0. The van der Waals surface area contributed by atoms with Crippen LogP contribution in [0.25, 0.3) is 0 Å². The van der Waals surface area contributed by atoms with Gasteiger partial charge in [0.15, 0.2) is 0 Å². The summed E-state index contributed by atoms with van der Waals surface area (Å²) in [6.07, 6.45) is 20.6. The van der Waals surface area contributed by atoms with E-state index in [1.54, 1.807) is 0 Å². The molecule has 0 spiro atoms. The molecule has 1 atom stereocenters. The number of halogens is 1. The standard InChI is InChI=1S/C23H47FO3S.Na.H/c1-3-5-7-9-11-13-15-17-19-21-23(24)28(25,26)27-22-20-18-16-14-12-10-8-6-4-2;;/h23H,3-22H2,1-2H3;;. The fourth-order valence-corrected chi connectivity index (χ4v) is 4.37. The van der Waals surface area contributed by atoms with Gasteiger partial charge in [-0.3, -0.25) is 4.18 Å². The van der Waals surface area contributed by atoms with E-state index in [0.717, 1.165) is 25.7 Å². The Morgan fingerprint density at radius 2 is 0.966 bits per heavy atom. The van der Waals surface area contributed by atoms with Crippen molar-refractivity contribution in [1.29, 1.82) is 0 Å². The third-order valence-electron chi connectivity index (χ3n) is 5.34. The van der Waals surface area contributed by atoms with Crippen LogP contribution in [0.1, 0.15) is 136 Å². The van der Waals surface area contributed by atoms with Gasteiger partial charge in [-0.1, -0.05) is 117 Å². The van der Waals surface area contributed by atoms with Crippen LogP contribution in [0, 0.1) is 0 Å². The first-order chi connectivity index (χ1) is 13.5. The van der Waals surface area contributed by atoms with Crippen molar-refractivity contribution in [3.63, 3.8) is 0 Å². The van der Waals surface area contributed by atoms with Crippen molar-refractivity contribution < 1.29 is 17.0 Å². The van der Waals surface area contributed by atoms with Crippen LogP contribution in [-0.4, -0.2) is 50.1 Å². The topological polar surface area (TPSA) is 43.4 Å². The van der Waals surface area contributed by atoms with E-state index in [0.29, 0.717) is 12.8 Å². The van der Waals surface area contributed by atoms with Crippen molar-refractivity contribution in [2.75, 3.05) is 6.61 Å². The van der Waals surface area contributed by atoms with Crippen LogP contribution in [-0.2, 0) is 14.3 Å². The summed E-state index contributed by atoms with van der Waals surface area (Å²) in [6, 6.07) is 0. The molecule has 0 fully saturated rings. The Morgan fingerprint density at radius 3 is 1.38 bits per heavy atom. The van der Waals surface area contributed by atoms with E-state index < -0.39 is 15.6 Å². The molecule has 0 bridgehead atoms. The first kappa shape index (κ1) is 32.0. The number of alkyl halides is 1. The summed E-state index contributed by atoms with van der Waals surface area (Å²) in [7, 11) is -4.04. The zero-order valence-electron chi connectivity index (χ0n) is 18.7. The fraction of sp³-hybridized carbons (Fsp3) is 1.00. The van der Waals surface area contributed by atoms with E-state index in [2.05, 4.69) is 13.8 Å². The van der Waals surface area contributed by atoms with E-state index >= 15 is 0 Å². The molecule has 0 radical (unpaired) electrons. The molecule has 0 aliphatic heterocycles. The summed E-state index contributed by atoms with van der Waals surface area (Å²) in [5.41, 5.74) is -1.87. The quantitative estimate of drug-likeness (QED) is 0.0986. The first-order valence-electron chi connectivity index (χ1n) is 12.1. The van der Waals surface area contributed by atoms with Crippen molar-refractivity contribution in [2.45, 2.75) is 141 Å². The zero-order chi connectivity index (χ0) is 20.9. The molecule has 0 N–H and O–H groups in total. The predicted octanol–water partition coefficient (Wildman–Crippen LogP) is 7.43. The van der Waals surface area contributed by atoms with Crippen LogP contribution in [0.4, 0.5) is 4.39 Å². The average molecular weight is 447 g/mol. The van der Waals surface area contributed by atoms with E-state index in [1.165, 1.54) is 77.0 Å². The SMILES string of the molecule is CCCCCCCCCCCOS(=O)(=O)C(F)CCCCCCCCCCC.[NaH]. The Morgan fingerprint density at radius 1 is 0.621 bits per heavy atom. The van der Waals surface area contributed by atoms with E-state index in [9.17, 15) is 12.8 Å². The molecule has 0 aromatic rings. The van der Waals surface area contributed by atoms with Gasteiger partial charge in [0.05, 0.1) is 6.61 Å². The molecule has 0 aromatic heterocycles. The van der Waals surface area contributed by atoms with Crippen LogP contribution in [0.5, 0.6) is 0 Å². The van der Waals surface area contributed by atoms with E-state index in [4.69, 9.17) is 4.18 Å². The van der Waals surface area contributed by atoms with Crippen LogP contribution < -0.4 is 0 Å². The monoisotopic (exact) mass is 446 g/mol. The molecular weight excluding hydrogens is 398 g/mol. The molecule has 6 heteroatoms. The van der Waals surface area contributed by atoms with Gasteiger partial charge in [-0.2, -0.15) is 8.42 Å². The molecule has 0 heterocycles. The maximum absolute atomic E-state index is 14.0. The van der Waals surface area contributed by atoms with Crippen LogP contribution in [0.3, 0.4) is 0 Å². The Balaban J connectivity index is 0. The summed E-state index contributed by atoms with van der Waals surface area (Å²) in [4.78, 5) is 0. The van der Waals surface area contributed by atoms with Gasteiger partial charge in [0, 0.05) is 0 Å². The van der Waals surface area contributed by atoms with Gasteiger partial charge in [0.25, 0.3) is 10.1 Å². The van der Waals surface area contributed by atoms with Gasteiger partial charge in [-0.25, -0.2) is 4.39 Å². The van der Waals surface area contributed by atoms with Crippen molar-refractivity contribution in [2.24, 2.45) is 0 Å². The molecule has 0 aliphatic carbocycles. The van der Waals surface area contributed by atoms with Gasteiger partial charge in [-0.15, -0.1) is 0 Å². The molecule has 29 heavy (non-hydrogen) atoms. The normalized spacial score (nSPS) is 12.7. The van der Waals surface area contributed by atoms with Gasteiger partial charge in [0.2, 0.25) is 5.50 Å². The molecule has 3 nitrogen and oxygen atoms in total. The number of rotatable bonds is 22. The van der Waals surface area contributed by atoms with Crippen LogP contribution >= 0.6 is 0 Å². The average Bonchev–Trinajstić information content (AvgIpc) is 2.68. The third-order valence-corrected chi connectivity index (χ3v) is 6.70. The van der Waals surface area contributed by atoms with Gasteiger partial charge < -0.3 is 0 Å². The second-order valence-corrected chi connectivity index (χ2v) is 9.90. The van der Waals surface area contributed by atoms with Crippen molar-refractivity contribution in [1.82, 2.24) is 0 Å². The van der Waals surface area contributed by atoms with Crippen LogP contribution in [0.2, 0.25) is 0 Å². The zero-order valence-corrected chi connectivity index (χ0v) is 19.5. The summed E-state index contributed by atoms with van der Waals surface area (Å²) in [5, 5.41) is 0. The van der Waals surface area contributed by atoms with Crippen molar-refractivity contribution >= 4 is 39.7 Å². The number of unbranched alkanes of at least 4 members (excludes halogenated alkanes) is 16.